The lowest BCUT2D eigenvalue weighted by Gasteiger charge is -2.42. The van der Waals surface area contributed by atoms with Gasteiger partial charge in [0.15, 0.2) is 0 Å². The fourth-order valence-corrected chi connectivity index (χ4v) is 4.40. The largest absolute Gasteiger partial charge is 0.471 e. The Hall–Kier alpha value is -2.22. The molecule has 0 saturated carbocycles. The number of benzene rings is 1. The maximum Gasteiger partial charge on any atom is 0.471 e. The lowest BCUT2D eigenvalue weighted by Crippen LogP contribution is -2.62. The van der Waals surface area contributed by atoms with Gasteiger partial charge in [-0.2, -0.15) is 13.2 Å². The minimum atomic E-state index is -5.16. The molecular formula is C20H22Cl3F4N5O4. The molecule has 0 radical (unpaired) electrons. The second-order valence-corrected chi connectivity index (χ2v) is 10.5. The highest BCUT2D eigenvalue weighted by molar-refractivity contribution is 6.68. The Morgan fingerprint density at radius 3 is 2.33 bits per heavy atom. The zero-order valence-electron chi connectivity index (χ0n) is 18.7. The van der Waals surface area contributed by atoms with Gasteiger partial charge in [-0.1, -0.05) is 34.8 Å². The van der Waals surface area contributed by atoms with E-state index in [4.69, 9.17) is 39.5 Å². The van der Waals surface area contributed by atoms with E-state index in [2.05, 4.69) is 5.32 Å². The molecule has 0 bridgehead atoms. The molecule has 2 atom stereocenters. The summed E-state index contributed by atoms with van der Waals surface area (Å²) in [5.41, 5.74) is 0.460. The van der Waals surface area contributed by atoms with Crippen LogP contribution in [0.1, 0.15) is 6.92 Å². The number of halogens is 7. The smallest absolute Gasteiger partial charge is 0.442 e. The van der Waals surface area contributed by atoms with Crippen LogP contribution in [0.5, 0.6) is 0 Å². The van der Waals surface area contributed by atoms with Crippen molar-refractivity contribution in [3.05, 3.63) is 24.0 Å². The Balaban J connectivity index is 1.64. The number of piperazine rings is 1. The first-order valence-electron chi connectivity index (χ1n) is 10.6. The number of nitrogens with zero attached hydrogens (tertiary/aromatic N) is 3. The number of nitrogens with one attached hydrogen (secondary N) is 2. The molecule has 0 spiro atoms. The average Bonchev–Trinajstić information content (AvgIpc) is 3.15. The van der Waals surface area contributed by atoms with Crippen LogP contribution in [-0.4, -0.2) is 84.3 Å². The van der Waals surface area contributed by atoms with Crippen molar-refractivity contribution in [3.8, 4) is 0 Å². The van der Waals surface area contributed by atoms with Gasteiger partial charge in [-0.3, -0.25) is 19.4 Å². The highest BCUT2D eigenvalue weighted by Crippen LogP contribution is 2.34. The van der Waals surface area contributed by atoms with Crippen molar-refractivity contribution < 1.29 is 36.7 Å². The van der Waals surface area contributed by atoms with E-state index in [9.17, 15) is 31.9 Å². The number of carbonyl (C=O) groups excluding carboxylic acids is 3. The van der Waals surface area contributed by atoms with Crippen LogP contribution in [0.25, 0.3) is 0 Å². The third-order valence-electron chi connectivity index (χ3n) is 5.55. The van der Waals surface area contributed by atoms with Crippen molar-refractivity contribution in [2.75, 3.05) is 49.1 Å². The van der Waals surface area contributed by atoms with Gasteiger partial charge in [0.2, 0.25) is 9.70 Å². The van der Waals surface area contributed by atoms with Crippen molar-refractivity contribution in [2.24, 2.45) is 0 Å². The summed E-state index contributed by atoms with van der Waals surface area (Å²) in [4.78, 5) is 38.8. The summed E-state index contributed by atoms with van der Waals surface area (Å²) in [6, 6.07) is 4.16. The van der Waals surface area contributed by atoms with Crippen LogP contribution >= 0.6 is 34.8 Å². The van der Waals surface area contributed by atoms with Crippen molar-refractivity contribution in [1.29, 1.82) is 0 Å². The van der Waals surface area contributed by atoms with Crippen LogP contribution in [0.4, 0.5) is 33.7 Å². The van der Waals surface area contributed by atoms with E-state index >= 15 is 0 Å². The minimum absolute atomic E-state index is 0.0567. The summed E-state index contributed by atoms with van der Waals surface area (Å²) in [6.07, 6.45) is -7.98. The second-order valence-electron chi connectivity index (χ2n) is 8.13. The van der Waals surface area contributed by atoms with Crippen LogP contribution in [0.15, 0.2) is 18.2 Å². The molecule has 9 nitrogen and oxygen atoms in total. The summed E-state index contributed by atoms with van der Waals surface area (Å²) in [5, 5.41) is 4.25. The highest BCUT2D eigenvalue weighted by Gasteiger charge is 2.46. The molecule has 2 aliphatic heterocycles. The molecule has 2 unspecified atom stereocenters. The van der Waals surface area contributed by atoms with Crippen molar-refractivity contribution in [1.82, 2.24) is 15.5 Å². The molecule has 2 saturated heterocycles. The van der Waals surface area contributed by atoms with Gasteiger partial charge in [-0.05, 0) is 18.2 Å². The number of amides is 3. The number of rotatable bonds is 6. The van der Waals surface area contributed by atoms with Crippen LogP contribution in [0.3, 0.4) is 0 Å². The lowest BCUT2D eigenvalue weighted by atomic mass is 10.2. The Labute approximate surface area is 218 Å². The van der Waals surface area contributed by atoms with Gasteiger partial charge in [-0.15, -0.1) is 0 Å². The zero-order valence-corrected chi connectivity index (χ0v) is 21.0. The molecule has 1 aromatic rings. The highest BCUT2D eigenvalue weighted by atomic mass is 35.6. The summed E-state index contributed by atoms with van der Waals surface area (Å²) >= 11 is 17.4. The van der Waals surface area contributed by atoms with E-state index in [1.54, 1.807) is 10.2 Å². The quantitative estimate of drug-likeness (QED) is 0.398. The molecule has 16 heteroatoms. The number of cyclic esters (lactones) is 1. The standard InChI is InChI=1S/C20H22Cl3F4N5O4/c1-11(33)28-9-13-10-32(18(35)36-13)12-2-3-15(14(24)8-12)30-4-6-31(7-5-30)16(19(21,22)23)29-17(34)20(25,26)27/h2-3,8,13,16H,4-7,9-10H2,1H3,(H,28,33)(H,29,34). The van der Waals surface area contributed by atoms with Crippen LogP contribution in [0, 0.1) is 5.82 Å². The van der Waals surface area contributed by atoms with E-state index in [0.717, 1.165) is 6.07 Å². The van der Waals surface area contributed by atoms with Gasteiger partial charge in [0.05, 0.1) is 24.5 Å². The van der Waals surface area contributed by atoms with E-state index in [0.29, 0.717) is 0 Å². The first-order valence-corrected chi connectivity index (χ1v) is 11.8. The Bertz CT molecular complexity index is 1000. The molecule has 200 valence electrons. The van der Waals surface area contributed by atoms with Gasteiger partial charge in [-0.25, -0.2) is 9.18 Å². The minimum Gasteiger partial charge on any atom is -0.442 e. The Kier molecular flexibility index (Phi) is 8.69. The zero-order chi connectivity index (χ0) is 26.8. The van der Waals surface area contributed by atoms with E-state index in [1.165, 1.54) is 28.9 Å². The molecular weight excluding hydrogens is 557 g/mol. The molecule has 1 aromatic carbocycles. The fourth-order valence-electron chi connectivity index (χ4n) is 3.82. The summed E-state index contributed by atoms with van der Waals surface area (Å²) < 4.78 is 56.0. The predicted molar refractivity (Wildman–Crippen MR) is 125 cm³/mol. The Morgan fingerprint density at radius 2 is 1.81 bits per heavy atom. The topological polar surface area (TPSA) is 94.2 Å². The molecule has 0 aliphatic carbocycles. The molecule has 3 rings (SSSR count). The summed E-state index contributed by atoms with van der Waals surface area (Å²) in [6.45, 7) is 2.00. The lowest BCUT2D eigenvalue weighted by molar-refractivity contribution is -0.175. The van der Waals surface area contributed by atoms with E-state index < -0.39 is 40.1 Å². The van der Waals surface area contributed by atoms with Gasteiger partial charge in [0.25, 0.3) is 0 Å². The molecule has 36 heavy (non-hydrogen) atoms. The average molecular weight is 579 g/mol. The number of carbonyl (C=O) groups is 3. The van der Waals surface area contributed by atoms with Crippen molar-refractivity contribution in [2.45, 2.75) is 29.2 Å². The second kappa shape index (κ2) is 11.0. The van der Waals surface area contributed by atoms with E-state index in [1.807, 2.05) is 0 Å². The summed E-state index contributed by atoms with van der Waals surface area (Å²) in [7, 11) is 0. The molecule has 0 aromatic heterocycles. The van der Waals surface area contributed by atoms with Crippen molar-refractivity contribution in [3.63, 3.8) is 0 Å². The first kappa shape index (κ1) is 28.4. The summed E-state index contributed by atoms with van der Waals surface area (Å²) in [5.74, 6) is -3.16. The number of alkyl halides is 6. The molecule has 2 heterocycles. The van der Waals surface area contributed by atoms with Gasteiger partial charge < -0.3 is 20.3 Å². The predicted octanol–water partition coefficient (Wildman–Crippen LogP) is 2.78. The number of hydrogen-bond donors (Lipinski definition) is 2. The SMILES string of the molecule is CC(=O)NCC1CN(c2ccc(N3CCN(C(NC(=O)C(F)(F)F)C(Cl)(Cl)Cl)CC3)c(F)c2)C(=O)O1. The molecule has 2 aliphatic rings. The van der Waals surface area contributed by atoms with Gasteiger partial charge in [0.1, 0.15) is 18.1 Å². The monoisotopic (exact) mass is 577 g/mol. The van der Waals surface area contributed by atoms with Gasteiger partial charge >= 0.3 is 18.2 Å². The maximum absolute atomic E-state index is 15.0. The molecule has 2 N–H and O–H groups in total. The third kappa shape index (κ3) is 6.96. The number of ether oxygens (including phenoxy) is 1. The van der Waals surface area contributed by atoms with Crippen molar-refractivity contribution >= 4 is 64.1 Å². The number of hydrogen-bond acceptors (Lipinski definition) is 6. The molecule has 2 fully saturated rings. The number of anilines is 2. The van der Waals surface area contributed by atoms with Crippen LogP contribution < -0.4 is 20.4 Å². The third-order valence-corrected chi connectivity index (χ3v) is 6.17. The maximum atomic E-state index is 15.0. The van der Waals surface area contributed by atoms with Crippen LogP contribution in [0.2, 0.25) is 0 Å². The van der Waals surface area contributed by atoms with E-state index in [-0.39, 0.29) is 56.6 Å². The Morgan fingerprint density at radius 1 is 1.17 bits per heavy atom. The van der Waals surface area contributed by atoms with Crippen LogP contribution in [-0.2, 0) is 14.3 Å². The molecule has 3 amide bonds. The normalized spacial score (nSPS) is 20.2. The van der Waals surface area contributed by atoms with Gasteiger partial charge in [0, 0.05) is 33.1 Å². The first-order chi connectivity index (χ1) is 16.7. The fraction of sp³-hybridized carbons (Fsp3) is 0.550.